The van der Waals surface area contributed by atoms with Gasteiger partial charge in [-0.1, -0.05) is 30.3 Å². The van der Waals surface area contributed by atoms with Crippen LogP contribution in [-0.2, 0) is 26.6 Å². The van der Waals surface area contributed by atoms with Gasteiger partial charge in [-0.3, -0.25) is 14.5 Å². The summed E-state index contributed by atoms with van der Waals surface area (Å²) in [7, 11) is 1.86. The minimum atomic E-state index is -0.392. The fourth-order valence-corrected chi connectivity index (χ4v) is 4.53. The van der Waals surface area contributed by atoms with Gasteiger partial charge in [0.05, 0.1) is 11.8 Å². The molecule has 3 heterocycles. The van der Waals surface area contributed by atoms with E-state index in [4.69, 9.17) is 0 Å². The summed E-state index contributed by atoms with van der Waals surface area (Å²) in [6.07, 6.45) is 2.12. The highest BCUT2D eigenvalue weighted by atomic mass is 19.1. The first-order chi connectivity index (χ1) is 15.9. The maximum atomic E-state index is 13.4. The molecule has 0 saturated carbocycles. The van der Waals surface area contributed by atoms with E-state index in [2.05, 4.69) is 27.4 Å². The zero-order valence-electron chi connectivity index (χ0n) is 18.5. The molecule has 0 aliphatic carbocycles. The van der Waals surface area contributed by atoms with Crippen LogP contribution in [0.1, 0.15) is 32.7 Å². The Labute approximate surface area is 190 Å². The normalized spacial score (nSPS) is 13.8. The van der Waals surface area contributed by atoms with Crippen LogP contribution in [0.5, 0.6) is 0 Å². The molecule has 1 amide bonds. The molecule has 0 atom stereocenters. The summed E-state index contributed by atoms with van der Waals surface area (Å²) >= 11 is 0. The van der Waals surface area contributed by atoms with Gasteiger partial charge in [-0.15, -0.1) is 0 Å². The lowest BCUT2D eigenvalue weighted by Crippen LogP contribution is -2.38. The SMILES string of the molecule is Cc1cc(F)ccc1NC(=O)c1cnn2c(=O)c3c(n(C)c12)CCN(Cc1ccccc1)C3. The molecule has 4 aromatic rings. The van der Waals surface area contributed by atoms with E-state index in [9.17, 15) is 14.0 Å². The molecule has 8 heteroatoms. The highest BCUT2D eigenvalue weighted by Crippen LogP contribution is 2.22. The summed E-state index contributed by atoms with van der Waals surface area (Å²) in [6.45, 7) is 3.84. The van der Waals surface area contributed by atoms with Crippen LogP contribution in [0.4, 0.5) is 10.1 Å². The standard InChI is InChI=1S/C25H24FN5O2/c1-16-12-18(26)8-9-21(16)28-23(32)19-13-27-31-24(19)29(2)22-10-11-30(15-20(22)25(31)33)14-17-6-4-3-5-7-17/h3-9,12-13H,10-11,14-15H2,1-2H3,(H,28,32). The molecule has 0 radical (unpaired) electrons. The van der Waals surface area contributed by atoms with Crippen LogP contribution in [0.15, 0.2) is 59.5 Å². The van der Waals surface area contributed by atoms with Crippen LogP contribution in [0.3, 0.4) is 0 Å². The molecule has 0 fully saturated rings. The lowest BCUT2D eigenvalue weighted by Gasteiger charge is -2.29. The Morgan fingerprint density at radius 3 is 2.73 bits per heavy atom. The van der Waals surface area contributed by atoms with Crippen molar-refractivity contribution in [2.24, 2.45) is 7.05 Å². The second-order valence-corrected chi connectivity index (χ2v) is 8.44. The molecular weight excluding hydrogens is 421 g/mol. The van der Waals surface area contributed by atoms with Gasteiger partial charge in [0.25, 0.3) is 11.5 Å². The van der Waals surface area contributed by atoms with E-state index in [1.54, 1.807) is 6.92 Å². The second-order valence-electron chi connectivity index (χ2n) is 8.44. The van der Waals surface area contributed by atoms with Crippen molar-refractivity contribution in [3.05, 3.63) is 98.8 Å². The number of amides is 1. The van der Waals surface area contributed by atoms with Crippen molar-refractivity contribution >= 4 is 17.2 Å². The molecule has 2 aromatic heterocycles. The number of rotatable bonds is 4. The molecule has 1 aliphatic heterocycles. The third kappa shape index (κ3) is 3.82. The van der Waals surface area contributed by atoms with Gasteiger partial charge in [-0.05, 0) is 36.2 Å². The summed E-state index contributed by atoms with van der Waals surface area (Å²) in [6, 6.07) is 14.4. The Morgan fingerprint density at radius 2 is 1.97 bits per heavy atom. The van der Waals surface area contributed by atoms with Crippen LogP contribution in [0.2, 0.25) is 0 Å². The quantitative estimate of drug-likeness (QED) is 0.523. The van der Waals surface area contributed by atoms with E-state index in [0.29, 0.717) is 41.0 Å². The van der Waals surface area contributed by atoms with Crippen molar-refractivity contribution in [1.82, 2.24) is 19.1 Å². The van der Waals surface area contributed by atoms with E-state index >= 15 is 0 Å². The zero-order valence-corrected chi connectivity index (χ0v) is 18.5. The Balaban J connectivity index is 1.48. The minimum absolute atomic E-state index is 0.201. The number of nitrogens with one attached hydrogen (secondary N) is 1. The summed E-state index contributed by atoms with van der Waals surface area (Å²) in [5.41, 5.74) is 4.51. The van der Waals surface area contributed by atoms with Crippen molar-refractivity contribution in [1.29, 1.82) is 0 Å². The fourth-order valence-electron chi connectivity index (χ4n) is 4.53. The number of anilines is 1. The third-order valence-corrected chi connectivity index (χ3v) is 6.24. The molecule has 2 aromatic carbocycles. The van der Waals surface area contributed by atoms with Gasteiger partial charge < -0.3 is 9.88 Å². The molecule has 7 nitrogen and oxygen atoms in total. The lowest BCUT2D eigenvalue weighted by atomic mass is 10.1. The lowest BCUT2D eigenvalue weighted by molar-refractivity contribution is 0.102. The smallest absolute Gasteiger partial charge is 0.279 e. The summed E-state index contributed by atoms with van der Waals surface area (Å²) in [4.78, 5) is 28.6. The Bertz CT molecular complexity index is 1420. The van der Waals surface area contributed by atoms with Crippen molar-refractivity contribution in [2.75, 3.05) is 11.9 Å². The Kier molecular flexibility index (Phi) is 5.30. The first-order valence-electron chi connectivity index (χ1n) is 10.8. The van der Waals surface area contributed by atoms with Crippen LogP contribution < -0.4 is 10.9 Å². The van der Waals surface area contributed by atoms with Gasteiger partial charge in [0.15, 0.2) is 5.65 Å². The molecule has 1 aliphatic rings. The number of carbonyl (C=O) groups excluding carboxylic acids is 1. The fraction of sp³-hybridized carbons (Fsp3) is 0.240. The topological polar surface area (TPSA) is 71.6 Å². The first kappa shape index (κ1) is 21.1. The molecule has 5 rings (SSSR count). The Morgan fingerprint density at radius 1 is 1.18 bits per heavy atom. The number of nitrogens with zero attached hydrogens (tertiary/aromatic N) is 4. The van der Waals surface area contributed by atoms with Gasteiger partial charge in [0.1, 0.15) is 11.4 Å². The monoisotopic (exact) mass is 445 g/mol. The van der Waals surface area contributed by atoms with Gasteiger partial charge in [0, 0.05) is 44.5 Å². The van der Waals surface area contributed by atoms with E-state index in [-0.39, 0.29) is 11.4 Å². The molecule has 1 N–H and O–H groups in total. The maximum absolute atomic E-state index is 13.4. The minimum Gasteiger partial charge on any atom is -0.332 e. The molecule has 0 bridgehead atoms. The van der Waals surface area contributed by atoms with E-state index in [1.807, 2.05) is 29.8 Å². The molecule has 0 spiro atoms. The third-order valence-electron chi connectivity index (χ3n) is 6.24. The van der Waals surface area contributed by atoms with Gasteiger partial charge in [-0.2, -0.15) is 9.61 Å². The van der Waals surface area contributed by atoms with E-state index in [1.165, 1.54) is 34.5 Å². The highest BCUT2D eigenvalue weighted by molar-refractivity contribution is 6.08. The van der Waals surface area contributed by atoms with Crippen molar-refractivity contribution in [3.8, 4) is 0 Å². The van der Waals surface area contributed by atoms with Gasteiger partial charge >= 0.3 is 0 Å². The summed E-state index contributed by atoms with van der Waals surface area (Å²) < 4.78 is 16.6. The number of benzene rings is 2. The van der Waals surface area contributed by atoms with Crippen molar-refractivity contribution < 1.29 is 9.18 Å². The number of halogens is 1. The number of hydrogen-bond donors (Lipinski definition) is 1. The van der Waals surface area contributed by atoms with E-state index in [0.717, 1.165) is 18.8 Å². The summed E-state index contributed by atoms with van der Waals surface area (Å²) in [5, 5.41) is 7.05. The predicted octanol–water partition coefficient (Wildman–Crippen LogP) is 3.29. The zero-order chi connectivity index (χ0) is 23.1. The van der Waals surface area contributed by atoms with Crippen molar-refractivity contribution in [3.63, 3.8) is 0 Å². The second kappa shape index (κ2) is 8.29. The average molecular weight is 445 g/mol. The molecular formula is C25H24FN5O2. The van der Waals surface area contributed by atoms with Crippen LogP contribution in [0, 0.1) is 12.7 Å². The summed E-state index contributed by atoms with van der Waals surface area (Å²) in [5.74, 6) is -0.756. The van der Waals surface area contributed by atoms with E-state index < -0.39 is 5.91 Å². The predicted molar refractivity (Wildman–Crippen MR) is 124 cm³/mol. The van der Waals surface area contributed by atoms with Crippen LogP contribution in [-0.4, -0.2) is 31.5 Å². The molecule has 33 heavy (non-hydrogen) atoms. The number of aromatic nitrogens is 3. The number of aryl methyl sites for hydroxylation is 2. The Hall–Kier alpha value is -3.78. The molecule has 0 saturated heterocycles. The van der Waals surface area contributed by atoms with Gasteiger partial charge in [-0.25, -0.2) is 4.39 Å². The number of carbonyl (C=O) groups is 1. The average Bonchev–Trinajstić information content (AvgIpc) is 3.26. The first-order valence-corrected chi connectivity index (χ1v) is 10.8. The van der Waals surface area contributed by atoms with Gasteiger partial charge in [0.2, 0.25) is 0 Å². The van der Waals surface area contributed by atoms with Crippen LogP contribution >= 0.6 is 0 Å². The maximum Gasteiger partial charge on any atom is 0.279 e. The molecule has 0 unspecified atom stereocenters. The number of hydrogen-bond acceptors (Lipinski definition) is 4. The molecule has 168 valence electrons. The largest absolute Gasteiger partial charge is 0.332 e. The van der Waals surface area contributed by atoms with Crippen molar-refractivity contribution in [2.45, 2.75) is 26.4 Å². The number of fused-ring (bicyclic) bond motifs is 2. The highest BCUT2D eigenvalue weighted by Gasteiger charge is 2.26. The van der Waals surface area contributed by atoms with Crippen LogP contribution in [0.25, 0.3) is 5.65 Å².